The van der Waals surface area contributed by atoms with Crippen molar-refractivity contribution >= 4 is 5.69 Å². The van der Waals surface area contributed by atoms with E-state index in [4.69, 9.17) is 4.74 Å². The van der Waals surface area contributed by atoms with Crippen molar-refractivity contribution in [3.05, 3.63) is 59.4 Å². The van der Waals surface area contributed by atoms with Crippen LogP contribution < -0.4 is 10.1 Å². The Morgan fingerprint density at radius 3 is 2.67 bits per heavy atom. The zero-order chi connectivity index (χ0) is 15.2. The van der Waals surface area contributed by atoms with Crippen molar-refractivity contribution in [2.75, 3.05) is 18.5 Å². The number of aliphatic hydroxyl groups excluding tert-OH is 1. The molecule has 0 aliphatic carbocycles. The van der Waals surface area contributed by atoms with E-state index >= 15 is 0 Å². The molecule has 0 saturated heterocycles. The molecule has 0 aromatic heterocycles. The van der Waals surface area contributed by atoms with Gasteiger partial charge in [-0.2, -0.15) is 0 Å². The molecule has 2 aromatic rings. The van der Waals surface area contributed by atoms with E-state index in [1.54, 1.807) is 0 Å². The van der Waals surface area contributed by atoms with Gasteiger partial charge >= 0.3 is 0 Å². The molecular formula is C17H20FNO2. The van der Waals surface area contributed by atoms with E-state index in [1.165, 1.54) is 12.1 Å². The molecule has 4 heteroatoms. The topological polar surface area (TPSA) is 41.5 Å². The fourth-order valence-corrected chi connectivity index (χ4v) is 2.03. The van der Waals surface area contributed by atoms with E-state index in [9.17, 15) is 9.50 Å². The summed E-state index contributed by atoms with van der Waals surface area (Å²) < 4.78 is 18.8. The summed E-state index contributed by atoms with van der Waals surface area (Å²) in [7, 11) is 0. The summed E-state index contributed by atoms with van der Waals surface area (Å²) in [5.41, 5.74) is 2.60. The first-order chi connectivity index (χ1) is 10.0. The van der Waals surface area contributed by atoms with Gasteiger partial charge in [-0.25, -0.2) is 4.39 Å². The van der Waals surface area contributed by atoms with Gasteiger partial charge in [0, 0.05) is 12.2 Å². The molecule has 0 aliphatic rings. The maximum Gasteiger partial charge on any atom is 0.125 e. The minimum atomic E-state index is -0.672. The highest BCUT2D eigenvalue weighted by Crippen LogP contribution is 2.14. The number of aryl methyl sites for hydroxylation is 2. The molecule has 1 atom stereocenters. The molecule has 0 bridgehead atoms. The Hall–Kier alpha value is -2.07. The lowest BCUT2D eigenvalue weighted by molar-refractivity contribution is 0.117. The second kappa shape index (κ2) is 7.09. The summed E-state index contributed by atoms with van der Waals surface area (Å²) in [5, 5.41) is 12.9. The Balaban J connectivity index is 1.80. The summed E-state index contributed by atoms with van der Waals surface area (Å²) in [4.78, 5) is 0. The van der Waals surface area contributed by atoms with Crippen molar-refractivity contribution in [1.82, 2.24) is 0 Å². The average molecular weight is 289 g/mol. The molecule has 0 heterocycles. The summed E-state index contributed by atoms with van der Waals surface area (Å²) in [6, 6.07) is 12.3. The zero-order valence-corrected chi connectivity index (χ0v) is 12.3. The van der Waals surface area contributed by atoms with Gasteiger partial charge in [-0.1, -0.05) is 12.1 Å². The molecule has 3 nitrogen and oxygen atoms in total. The third-order valence-electron chi connectivity index (χ3n) is 3.02. The standard InChI is InChI=1S/C17H20FNO2/c1-12-4-3-5-17(8-12)21-11-16(20)10-19-15-7-13(2)6-14(18)9-15/h3-9,16,19-20H,10-11H2,1-2H3. The largest absolute Gasteiger partial charge is 0.491 e. The number of aliphatic hydroxyl groups is 1. The van der Waals surface area contributed by atoms with Crippen molar-refractivity contribution in [3.63, 3.8) is 0 Å². The van der Waals surface area contributed by atoms with Crippen LogP contribution in [0.4, 0.5) is 10.1 Å². The third kappa shape index (κ3) is 5.08. The van der Waals surface area contributed by atoms with Crippen LogP contribution >= 0.6 is 0 Å². The average Bonchev–Trinajstić information content (AvgIpc) is 2.42. The zero-order valence-electron chi connectivity index (χ0n) is 12.3. The van der Waals surface area contributed by atoms with Crippen LogP contribution in [0.3, 0.4) is 0 Å². The van der Waals surface area contributed by atoms with Crippen LogP contribution in [0.25, 0.3) is 0 Å². The quantitative estimate of drug-likeness (QED) is 0.857. The highest BCUT2D eigenvalue weighted by Gasteiger charge is 2.06. The Bertz CT molecular complexity index is 581. The molecule has 0 amide bonds. The van der Waals surface area contributed by atoms with Gasteiger partial charge in [-0.3, -0.25) is 0 Å². The van der Waals surface area contributed by atoms with Gasteiger partial charge in [0.2, 0.25) is 0 Å². The highest BCUT2D eigenvalue weighted by atomic mass is 19.1. The van der Waals surface area contributed by atoms with Gasteiger partial charge in [0.15, 0.2) is 0 Å². The molecule has 1 unspecified atom stereocenters. The molecule has 2 aromatic carbocycles. The van der Waals surface area contributed by atoms with E-state index in [0.29, 0.717) is 12.2 Å². The van der Waals surface area contributed by atoms with Gasteiger partial charge in [0.1, 0.15) is 24.3 Å². The number of hydrogen-bond donors (Lipinski definition) is 2. The fourth-order valence-electron chi connectivity index (χ4n) is 2.03. The lowest BCUT2D eigenvalue weighted by Crippen LogP contribution is -2.26. The summed E-state index contributed by atoms with van der Waals surface area (Å²) >= 11 is 0. The lowest BCUT2D eigenvalue weighted by Gasteiger charge is -2.14. The molecule has 0 fully saturated rings. The van der Waals surface area contributed by atoms with E-state index in [-0.39, 0.29) is 12.4 Å². The first-order valence-electron chi connectivity index (χ1n) is 6.91. The number of halogens is 1. The number of anilines is 1. The monoisotopic (exact) mass is 289 g/mol. The molecule has 0 saturated carbocycles. The fraction of sp³-hybridized carbons (Fsp3) is 0.294. The Morgan fingerprint density at radius 1 is 1.14 bits per heavy atom. The van der Waals surface area contributed by atoms with Crippen LogP contribution in [0.2, 0.25) is 0 Å². The minimum absolute atomic E-state index is 0.185. The van der Waals surface area contributed by atoms with E-state index in [0.717, 1.165) is 16.9 Å². The number of nitrogens with one attached hydrogen (secondary N) is 1. The van der Waals surface area contributed by atoms with Crippen molar-refractivity contribution in [1.29, 1.82) is 0 Å². The smallest absolute Gasteiger partial charge is 0.125 e. The maximum absolute atomic E-state index is 13.2. The minimum Gasteiger partial charge on any atom is -0.491 e. The number of hydrogen-bond acceptors (Lipinski definition) is 3. The van der Waals surface area contributed by atoms with Crippen LogP contribution in [-0.4, -0.2) is 24.4 Å². The molecule has 21 heavy (non-hydrogen) atoms. The SMILES string of the molecule is Cc1cc(F)cc(NCC(O)COc2cccc(C)c2)c1. The summed E-state index contributed by atoms with van der Waals surface area (Å²) in [6.45, 7) is 4.29. The third-order valence-corrected chi connectivity index (χ3v) is 3.02. The van der Waals surface area contributed by atoms with Crippen molar-refractivity contribution < 1.29 is 14.2 Å². The molecule has 0 aliphatic heterocycles. The van der Waals surface area contributed by atoms with Crippen molar-refractivity contribution in [2.24, 2.45) is 0 Å². The Kier molecular flexibility index (Phi) is 5.17. The second-order valence-corrected chi connectivity index (χ2v) is 5.18. The van der Waals surface area contributed by atoms with Crippen LogP contribution in [0.5, 0.6) is 5.75 Å². The number of benzene rings is 2. The van der Waals surface area contributed by atoms with Gasteiger partial charge in [0.25, 0.3) is 0 Å². The van der Waals surface area contributed by atoms with Crippen LogP contribution in [0.15, 0.2) is 42.5 Å². The molecule has 2 N–H and O–H groups in total. The molecule has 112 valence electrons. The number of ether oxygens (including phenoxy) is 1. The van der Waals surface area contributed by atoms with Gasteiger partial charge in [0.05, 0.1) is 0 Å². The van der Waals surface area contributed by atoms with Gasteiger partial charge < -0.3 is 15.2 Å². The van der Waals surface area contributed by atoms with Gasteiger partial charge in [-0.15, -0.1) is 0 Å². The Morgan fingerprint density at radius 2 is 1.95 bits per heavy atom. The predicted molar refractivity (Wildman–Crippen MR) is 82.3 cm³/mol. The maximum atomic E-state index is 13.2. The Labute approximate surface area is 124 Å². The lowest BCUT2D eigenvalue weighted by atomic mass is 10.2. The van der Waals surface area contributed by atoms with E-state index in [1.807, 2.05) is 44.2 Å². The highest BCUT2D eigenvalue weighted by molar-refractivity contribution is 5.46. The van der Waals surface area contributed by atoms with Crippen LogP contribution in [-0.2, 0) is 0 Å². The summed E-state index contributed by atoms with van der Waals surface area (Å²) in [6.07, 6.45) is -0.672. The number of rotatable bonds is 6. The summed E-state index contributed by atoms with van der Waals surface area (Å²) in [5.74, 6) is 0.443. The predicted octanol–water partition coefficient (Wildman–Crippen LogP) is 3.29. The molecular weight excluding hydrogens is 269 g/mol. The molecule has 0 spiro atoms. The molecule has 0 radical (unpaired) electrons. The first kappa shape index (κ1) is 15.3. The first-order valence-corrected chi connectivity index (χ1v) is 6.91. The molecule has 2 rings (SSSR count). The second-order valence-electron chi connectivity index (χ2n) is 5.18. The van der Waals surface area contributed by atoms with Crippen molar-refractivity contribution in [3.8, 4) is 5.75 Å². The van der Waals surface area contributed by atoms with Gasteiger partial charge in [-0.05, 0) is 55.3 Å². The van der Waals surface area contributed by atoms with E-state index in [2.05, 4.69) is 5.32 Å². The van der Waals surface area contributed by atoms with Crippen LogP contribution in [0, 0.1) is 19.7 Å². The normalized spacial score (nSPS) is 12.0. The van der Waals surface area contributed by atoms with Crippen molar-refractivity contribution in [2.45, 2.75) is 20.0 Å². The van der Waals surface area contributed by atoms with E-state index < -0.39 is 6.10 Å². The van der Waals surface area contributed by atoms with Crippen LogP contribution in [0.1, 0.15) is 11.1 Å².